The number of hydrogen-bond acceptors (Lipinski definition) is 8. The Bertz CT molecular complexity index is 1060. The number of non-ortho nitro benzene ring substituents is 2. The molecule has 0 unspecified atom stereocenters. The smallest absolute Gasteiger partial charge is 0.273 e. The van der Waals surface area contributed by atoms with Crippen LogP contribution in [0.3, 0.4) is 0 Å². The summed E-state index contributed by atoms with van der Waals surface area (Å²) in [7, 11) is 1.27. The highest BCUT2D eigenvalue weighted by Crippen LogP contribution is 2.30. The molecule has 0 bridgehead atoms. The highest BCUT2D eigenvalue weighted by atomic mass is 35.5. The zero-order valence-corrected chi connectivity index (χ0v) is 15.5. The van der Waals surface area contributed by atoms with Gasteiger partial charge in [-0.15, -0.1) is 0 Å². The van der Waals surface area contributed by atoms with E-state index in [0.29, 0.717) is 0 Å². The molecule has 2 aromatic carbocycles. The minimum atomic E-state index is -0.839. The van der Waals surface area contributed by atoms with Crippen LogP contribution in [-0.2, 0) is 4.79 Å². The molecule has 0 atom stereocenters. The summed E-state index contributed by atoms with van der Waals surface area (Å²) < 4.78 is 5.01. The Kier molecular flexibility index (Phi) is 6.67. The third kappa shape index (κ3) is 5.18. The van der Waals surface area contributed by atoms with Gasteiger partial charge in [-0.05, 0) is 12.1 Å². The molecule has 0 aromatic heterocycles. The van der Waals surface area contributed by atoms with E-state index in [0.717, 1.165) is 24.4 Å². The lowest BCUT2D eigenvalue weighted by Crippen LogP contribution is -2.15. The van der Waals surface area contributed by atoms with Gasteiger partial charge < -0.3 is 15.4 Å². The van der Waals surface area contributed by atoms with E-state index in [4.69, 9.17) is 16.3 Å². The van der Waals surface area contributed by atoms with Crippen LogP contribution in [0.2, 0.25) is 5.02 Å². The van der Waals surface area contributed by atoms with Gasteiger partial charge in [0.1, 0.15) is 17.4 Å². The monoisotopic (exact) mass is 417 g/mol. The lowest BCUT2D eigenvalue weighted by molar-refractivity contribution is -0.385. The number of nitriles is 1. The van der Waals surface area contributed by atoms with Gasteiger partial charge in [0.05, 0.1) is 39.4 Å². The van der Waals surface area contributed by atoms with E-state index in [2.05, 4.69) is 10.6 Å². The Morgan fingerprint density at radius 2 is 1.76 bits per heavy atom. The standard InChI is InChI=1S/C17H12ClN5O6/c1-29-16-7-12(23(27)28)3-5-14(16)21-17(24)10(8-19)9-20-15-6-11(22(25)26)2-4-13(15)18/h2-7,9,20H,1H3,(H,21,24)/b10-9-. The fraction of sp³-hybridized carbons (Fsp3) is 0.0588. The second-order valence-electron chi connectivity index (χ2n) is 5.33. The fourth-order valence-electron chi connectivity index (χ4n) is 2.12. The second-order valence-corrected chi connectivity index (χ2v) is 5.74. The molecule has 2 N–H and O–H groups in total. The van der Waals surface area contributed by atoms with E-state index in [9.17, 15) is 30.3 Å². The van der Waals surface area contributed by atoms with Crippen molar-refractivity contribution in [2.24, 2.45) is 0 Å². The Labute approximate surface area is 168 Å². The second kappa shape index (κ2) is 9.16. The van der Waals surface area contributed by atoms with Crippen molar-refractivity contribution in [2.45, 2.75) is 0 Å². The summed E-state index contributed by atoms with van der Waals surface area (Å²) in [5, 5.41) is 36.0. The van der Waals surface area contributed by atoms with Crippen molar-refractivity contribution in [3.63, 3.8) is 0 Å². The maximum Gasteiger partial charge on any atom is 0.273 e. The zero-order chi connectivity index (χ0) is 21.6. The summed E-state index contributed by atoms with van der Waals surface area (Å²) >= 11 is 5.95. The molecule has 11 nitrogen and oxygen atoms in total. The molecule has 0 aliphatic heterocycles. The van der Waals surface area contributed by atoms with E-state index in [-0.39, 0.29) is 39.1 Å². The largest absolute Gasteiger partial charge is 0.494 e. The molecule has 2 aromatic rings. The number of ether oxygens (including phenoxy) is 1. The number of benzene rings is 2. The first-order valence-corrected chi connectivity index (χ1v) is 8.09. The van der Waals surface area contributed by atoms with Gasteiger partial charge in [0.25, 0.3) is 17.3 Å². The van der Waals surface area contributed by atoms with Gasteiger partial charge in [0.15, 0.2) is 0 Å². The number of nitrogens with zero attached hydrogens (tertiary/aromatic N) is 3. The Morgan fingerprint density at radius 1 is 1.14 bits per heavy atom. The predicted molar refractivity (Wildman–Crippen MR) is 104 cm³/mol. The molecule has 0 saturated carbocycles. The number of carbonyl (C=O) groups is 1. The van der Waals surface area contributed by atoms with Gasteiger partial charge in [0.2, 0.25) is 0 Å². The van der Waals surface area contributed by atoms with Gasteiger partial charge >= 0.3 is 0 Å². The highest BCUT2D eigenvalue weighted by molar-refractivity contribution is 6.33. The molecule has 0 aliphatic rings. The third-order valence-corrected chi connectivity index (χ3v) is 3.87. The summed E-state index contributed by atoms with van der Waals surface area (Å²) in [6.45, 7) is 0. The highest BCUT2D eigenvalue weighted by Gasteiger charge is 2.16. The molecular formula is C17H12ClN5O6. The van der Waals surface area contributed by atoms with Crippen molar-refractivity contribution in [1.82, 2.24) is 0 Å². The molecule has 0 aliphatic carbocycles. The van der Waals surface area contributed by atoms with Crippen LogP contribution in [0.5, 0.6) is 5.75 Å². The minimum absolute atomic E-state index is 0.0273. The van der Waals surface area contributed by atoms with Crippen LogP contribution < -0.4 is 15.4 Å². The molecule has 0 heterocycles. The maximum absolute atomic E-state index is 12.3. The van der Waals surface area contributed by atoms with Gasteiger partial charge in [-0.2, -0.15) is 5.26 Å². The number of rotatable bonds is 7. The summed E-state index contributed by atoms with van der Waals surface area (Å²) in [6.07, 6.45) is 1.03. The first-order chi connectivity index (χ1) is 13.8. The molecular weight excluding hydrogens is 406 g/mol. The summed E-state index contributed by atoms with van der Waals surface area (Å²) in [4.78, 5) is 32.8. The van der Waals surface area contributed by atoms with Crippen LogP contribution >= 0.6 is 11.6 Å². The lowest BCUT2D eigenvalue weighted by Gasteiger charge is -2.10. The number of nitrogens with one attached hydrogen (secondary N) is 2. The quantitative estimate of drug-likeness (QED) is 0.299. The number of hydrogen-bond donors (Lipinski definition) is 2. The molecule has 148 valence electrons. The molecule has 0 radical (unpaired) electrons. The average Bonchev–Trinajstić information content (AvgIpc) is 2.69. The van der Waals surface area contributed by atoms with Crippen molar-refractivity contribution in [3.8, 4) is 11.8 Å². The maximum atomic E-state index is 12.3. The van der Waals surface area contributed by atoms with Gasteiger partial charge in [0, 0.05) is 24.4 Å². The number of nitro groups is 2. The number of halogens is 1. The number of methoxy groups -OCH3 is 1. The van der Waals surface area contributed by atoms with Crippen molar-refractivity contribution in [3.05, 3.63) is 73.4 Å². The van der Waals surface area contributed by atoms with Crippen LogP contribution in [0.1, 0.15) is 0 Å². The Morgan fingerprint density at radius 3 is 2.34 bits per heavy atom. The molecule has 29 heavy (non-hydrogen) atoms. The fourth-order valence-corrected chi connectivity index (χ4v) is 2.29. The average molecular weight is 418 g/mol. The van der Waals surface area contributed by atoms with Gasteiger partial charge in [-0.1, -0.05) is 11.6 Å². The SMILES string of the molecule is COc1cc([N+](=O)[O-])ccc1NC(=O)/C(C#N)=C\Nc1cc([N+](=O)[O-])ccc1Cl. The first kappa shape index (κ1) is 21.1. The molecule has 2 rings (SSSR count). The minimum Gasteiger partial charge on any atom is -0.494 e. The predicted octanol–water partition coefficient (Wildman–Crippen LogP) is 3.62. The Hall–Kier alpha value is -4.17. The molecule has 0 saturated heterocycles. The summed E-state index contributed by atoms with van der Waals surface area (Å²) in [5.41, 5.74) is -0.623. The number of anilines is 2. The van der Waals surface area contributed by atoms with Crippen LogP contribution in [0.4, 0.5) is 22.7 Å². The third-order valence-electron chi connectivity index (χ3n) is 3.54. The first-order valence-electron chi connectivity index (χ1n) is 7.71. The van der Waals surface area contributed by atoms with Crippen LogP contribution in [-0.4, -0.2) is 22.9 Å². The Balaban J connectivity index is 2.23. The van der Waals surface area contributed by atoms with E-state index in [1.807, 2.05) is 0 Å². The number of nitro benzene ring substituents is 2. The molecule has 1 amide bonds. The van der Waals surface area contributed by atoms with Crippen LogP contribution in [0.25, 0.3) is 0 Å². The summed E-state index contributed by atoms with van der Waals surface area (Å²) in [6, 6.07) is 8.86. The normalized spacial score (nSPS) is 10.6. The van der Waals surface area contributed by atoms with E-state index < -0.39 is 15.8 Å². The van der Waals surface area contributed by atoms with Crippen molar-refractivity contribution in [2.75, 3.05) is 17.7 Å². The van der Waals surface area contributed by atoms with E-state index >= 15 is 0 Å². The topological polar surface area (TPSA) is 160 Å². The van der Waals surface area contributed by atoms with Gasteiger partial charge in [-0.25, -0.2) is 0 Å². The molecule has 0 fully saturated rings. The van der Waals surface area contributed by atoms with Crippen LogP contribution in [0.15, 0.2) is 48.2 Å². The lowest BCUT2D eigenvalue weighted by atomic mass is 10.2. The van der Waals surface area contributed by atoms with Crippen molar-refractivity contribution >= 4 is 40.3 Å². The van der Waals surface area contributed by atoms with Crippen molar-refractivity contribution < 1.29 is 19.4 Å². The van der Waals surface area contributed by atoms with Crippen LogP contribution in [0, 0.1) is 31.6 Å². The molecule has 0 spiro atoms. The zero-order valence-electron chi connectivity index (χ0n) is 14.7. The van der Waals surface area contributed by atoms with E-state index in [1.165, 1.54) is 25.3 Å². The number of carbonyl (C=O) groups excluding carboxylic acids is 1. The van der Waals surface area contributed by atoms with Crippen molar-refractivity contribution in [1.29, 1.82) is 5.26 Å². The van der Waals surface area contributed by atoms with E-state index in [1.54, 1.807) is 6.07 Å². The van der Waals surface area contributed by atoms with Gasteiger partial charge in [-0.3, -0.25) is 25.0 Å². The number of amides is 1. The molecule has 12 heteroatoms. The summed E-state index contributed by atoms with van der Waals surface area (Å²) in [5.74, 6) is -0.812.